The molecule has 0 amide bonds. The molecule has 2 atom stereocenters. The van der Waals surface area contributed by atoms with Gasteiger partial charge in [0.2, 0.25) is 5.78 Å². The summed E-state index contributed by atoms with van der Waals surface area (Å²) in [4.78, 5) is 38.7. The second-order valence-corrected chi connectivity index (χ2v) is 15.6. The summed E-state index contributed by atoms with van der Waals surface area (Å²) in [5.74, 6) is -3.89. The Labute approximate surface area is 304 Å². The quantitative estimate of drug-likeness (QED) is 0.167. The Morgan fingerprint density at radius 2 is 1.66 bits per heavy atom. The zero-order valence-corrected chi connectivity index (χ0v) is 29.5. The van der Waals surface area contributed by atoms with Crippen LogP contribution < -0.4 is 9.62 Å². The van der Waals surface area contributed by atoms with Crippen LogP contribution >= 0.6 is 0 Å². The van der Waals surface area contributed by atoms with Gasteiger partial charge in [-0.2, -0.15) is 12.7 Å². The third kappa shape index (κ3) is 7.89. The number of nitrogens with one attached hydrogen (secondary N) is 2. The van der Waals surface area contributed by atoms with E-state index < -0.39 is 70.2 Å². The number of piperazine rings is 1. The highest BCUT2D eigenvalue weighted by Gasteiger charge is 2.39. The van der Waals surface area contributed by atoms with Crippen molar-refractivity contribution < 1.29 is 41.4 Å². The third-order valence-electron chi connectivity index (χ3n) is 10.4. The fourth-order valence-electron chi connectivity index (χ4n) is 7.37. The van der Waals surface area contributed by atoms with Crippen LogP contribution in [0.3, 0.4) is 0 Å². The number of anilines is 2. The molecule has 53 heavy (non-hydrogen) atoms. The first kappa shape index (κ1) is 36.8. The zero-order valence-electron chi connectivity index (χ0n) is 28.7. The van der Waals surface area contributed by atoms with Crippen LogP contribution in [-0.2, 0) is 15.0 Å². The first-order valence-electron chi connectivity index (χ1n) is 17.5. The molecule has 17 heteroatoms. The average molecular weight is 756 g/mol. The lowest BCUT2D eigenvalue weighted by Gasteiger charge is -2.39. The number of likely N-dealkylation sites (tertiary alicyclic amines) is 1. The monoisotopic (exact) mass is 755 g/mol. The lowest BCUT2D eigenvalue weighted by Crippen LogP contribution is -2.49. The maximum absolute atomic E-state index is 15.7. The molecule has 2 aromatic heterocycles. The van der Waals surface area contributed by atoms with Crippen molar-refractivity contribution in [3.05, 3.63) is 77.6 Å². The van der Waals surface area contributed by atoms with Gasteiger partial charge < -0.3 is 20.1 Å². The van der Waals surface area contributed by atoms with E-state index in [9.17, 15) is 27.5 Å². The number of nitrogens with zero attached hydrogens (tertiary/aromatic N) is 5. The summed E-state index contributed by atoms with van der Waals surface area (Å²) >= 11 is 0. The Bertz CT molecular complexity index is 2090. The minimum atomic E-state index is -4.53. The van der Waals surface area contributed by atoms with Crippen LogP contribution in [0.5, 0.6) is 0 Å². The SMILES string of the molecule is O=C(O)CN1CCC(CN2CCN(c3ccc(-c4cnc5[nH]cc(C(=O)c6c(F)ccc(NS(=O)(=O)N7C[C@H](O)[C@@H](F)C7)c6F)c5c4)cc3)CC2)CC1. The van der Waals surface area contributed by atoms with Crippen molar-refractivity contribution in [1.29, 1.82) is 0 Å². The fourth-order valence-corrected chi connectivity index (χ4v) is 8.63. The van der Waals surface area contributed by atoms with E-state index in [0.29, 0.717) is 26.8 Å². The molecule has 7 rings (SSSR count). The number of fused-ring (bicyclic) bond motifs is 1. The summed E-state index contributed by atoms with van der Waals surface area (Å²) in [6.45, 7) is 5.18. The largest absolute Gasteiger partial charge is 0.480 e. The van der Waals surface area contributed by atoms with E-state index in [1.165, 1.54) is 6.20 Å². The number of aromatic nitrogens is 2. The maximum Gasteiger partial charge on any atom is 0.317 e. The number of halogens is 3. The van der Waals surface area contributed by atoms with Crippen LogP contribution in [-0.4, -0.2) is 132 Å². The second-order valence-electron chi connectivity index (χ2n) is 13.9. The molecule has 3 saturated heterocycles. The van der Waals surface area contributed by atoms with Crippen molar-refractivity contribution in [2.45, 2.75) is 25.1 Å². The summed E-state index contributed by atoms with van der Waals surface area (Å²) < 4.78 is 72.6. The number of aliphatic hydroxyl groups excluding tert-OH is 1. The average Bonchev–Trinajstić information content (AvgIpc) is 3.73. The summed E-state index contributed by atoms with van der Waals surface area (Å²) in [5, 5.41) is 19.0. The van der Waals surface area contributed by atoms with Crippen LogP contribution in [0, 0.1) is 17.6 Å². The van der Waals surface area contributed by atoms with Gasteiger partial charge in [0.25, 0.3) is 0 Å². The Morgan fingerprint density at radius 3 is 2.32 bits per heavy atom. The number of carbonyl (C=O) groups is 2. The molecule has 0 bridgehead atoms. The summed E-state index contributed by atoms with van der Waals surface area (Å²) in [7, 11) is -4.53. The fraction of sp³-hybridized carbons (Fsp3) is 0.417. The number of H-pyrrole nitrogens is 1. The van der Waals surface area contributed by atoms with E-state index in [1.807, 2.05) is 33.9 Å². The lowest BCUT2D eigenvalue weighted by molar-refractivity contribution is -0.138. The van der Waals surface area contributed by atoms with Gasteiger partial charge in [-0.15, -0.1) is 0 Å². The number of hydrogen-bond donors (Lipinski definition) is 4. The molecule has 3 aliphatic heterocycles. The van der Waals surface area contributed by atoms with Crippen LogP contribution in [0.25, 0.3) is 22.2 Å². The van der Waals surface area contributed by atoms with Gasteiger partial charge in [-0.25, -0.2) is 18.2 Å². The van der Waals surface area contributed by atoms with Gasteiger partial charge in [-0.3, -0.25) is 24.1 Å². The number of benzene rings is 2. The number of aliphatic hydroxyl groups is 1. The van der Waals surface area contributed by atoms with E-state index >= 15 is 8.78 Å². The van der Waals surface area contributed by atoms with Gasteiger partial charge in [0.05, 0.1) is 17.8 Å². The van der Waals surface area contributed by atoms with E-state index in [1.54, 1.807) is 12.3 Å². The van der Waals surface area contributed by atoms with Gasteiger partial charge in [0.15, 0.2) is 5.82 Å². The number of pyridine rings is 1. The number of carboxylic acid groups (broad SMARTS) is 1. The molecule has 3 fully saturated rings. The van der Waals surface area contributed by atoms with Crippen LogP contribution in [0.15, 0.2) is 54.9 Å². The topological polar surface area (TPSA) is 162 Å². The number of aliphatic carboxylic acids is 1. The summed E-state index contributed by atoms with van der Waals surface area (Å²) in [6, 6.07) is 11.2. The van der Waals surface area contributed by atoms with E-state index in [-0.39, 0.29) is 12.1 Å². The van der Waals surface area contributed by atoms with Crippen molar-refractivity contribution in [2.24, 2.45) is 5.92 Å². The van der Waals surface area contributed by atoms with Crippen molar-refractivity contribution in [2.75, 3.05) is 75.1 Å². The van der Waals surface area contributed by atoms with Crippen LogP contribution in [0.4, 0.5) is 24.5 Å². The molecule has 2 aromatic carbocycles. The van der Waals surface area contributed by atoms with Gasteiger partial charge >= 0.3 is 16.2 Å². The molecule has 3 aliphatic rings. The minimum Gasteiger partial charge on any atom is -0.480 e. The minimum absolute atomic E-state index is 0.0737. The third-order valence-corrected chi connectivity index (χ3v) is 11.8. The molecule has 0 aliphatic carbocycles. The number of rotatable bonds is 11. The van der Waals surface area contributed by atoms with Gasteiger partial charge in [-0.05, 0) is 67.7 Å². The Hall–Kier alpha value is -4.55. The predicted octanol–water partition coefficient (Wildman–Crippen LogP) is 3.33. The predicted molar refractivity (Wildman–Crippen MR) is 192 cm³/mol. The van der Waals surface area contributed by atoms with Gasteiger partial charge in [0.1, 0.15) is 23.7 Å². The van der Waals surface area contributed by atoms with Crippen LogP contribution in [0.1, 0.15) is 28.8 Å². The summed E-state index contributed by atoms with van der Waals surface area (Å²) in [5.41, 5.74) is 1.09. The molecular formula is C36H40F3N7O6S. The lowest BCUT2D eigenvalue weighted by atomic mass is 9.96. The van der Waals surface area contributed by atoms with E-state index in [2.05, 4.69) is 19.8 Å². The van der Waals surface area contributed by atoms with Crippen molar-refractivity contribution >= 4 is 44.4 Å². The Morgan fingerprint density at radius 1 is 0.943 bits per heavy atom. The van der Waals surface area contributed by atoms with E-state index in [0.717, 1.165) is 82.0 Å². The number of aromatic amines is 1. The molecule has 0 saturated carbocycles. The standard InChI is InChI=1S/C36H40F3N7O6S/c37-28-5-6-30(42-53(51,52)46-19-29(38)31(47)20-46)34(39)33(28)35(50)27-17-41-36-26(27)15-24(16-40-36)23-1-3-25(4-2-23)45-13-11-44(12-14-45)18-22-7-9-43(10-8-22)21-32(48)49/h1-6,15-17,22,29,31,42,47H,7-14,18-21H2,(H,40,41)(H,48,49)/t29-,31-/m0/s1. The molecule has 4 aromatic rings. The number of carbonyl (C=O) groups excluding carboxylic acids is 1. The van der Waals surface area contributed by atoms with Gasteiger partial charge in [0, 0.05) is 80.4 Å². The molecule has 0 unspecified atom stereocenters. The number of alkyl halides is 1. The number of hydrogen-bond acceptors (Lipinski definition) is 9. The van der Waals surface area contributed by atoms with Crippen molar-refractivity contribution in [1.82, 2.24) is 24.1 Å². The number of ketones is 1. The summed E-state index contributed by atoms with van der Waals surface area (Å²) in [6.07, 6.45) is 1.57. The molecule has 5 heterocycles. The normalized spacial score (nSPS) is 21.0. The molecule has 282 valence electrons. The van der Waals surface area contributed by atoms with E-state index in [4.69, 9.17) is 5.11 Å². The van der Waals surface area contributed by atoms with Gasteiger partial charge in [-0.1, -0.05) is 12.1 Å². The highest BCUT2D eigenvalue weighted by atomic mass is 32.2. The molecule has 4 N–H and O–H groups in total. The number of carboxylic acids is 1. The molecule has 0 radical (unpaired) electrons. The second kappa shape index (κ2) is 15.1. The first-order chi connectivity index (χ1) is 25.4. The maximum atomic E-state index is 15.7. The highest BCUT2D eigenvalue weighted by molar-refractivity contribution is 7.90. The number of piperidine rings is 1. The zero-order chi connectivity index (χ0) is 37.4. The highest BCUT2D eigenvalue weighted by Crippen LogP contribution is 2.31. The van der Waals surface area contributed by atoms with Crippen molar-refractivity contribution in [3.8, 4) is 11.1 Å². The van der Waals surface area contributed by atoms with Crippen molar-refractivity contribution in [3.63, 3.8) is 0 Å². The smallest absolute Gasteiger partial charge is 0.317 e. The Kier molecular flexibility index (Phi) is 10.5. The Balaban J connectivity index is 1.01. The molecular weight excluding hydrogens is 716 g/mol. The molecule has 13 nitrogen and oxygen atoms in total. The number of β-amino-alcohol motifs (C(OH)–C–C–N with tert-alkyl or cyclic N) is 1. The molecule has 0 spiro atoms. The van der Waals surface area contributed by atoms with Crippen LogP contribution in [0.2, 0.25) is 0 Å². The first-order valence-corrected chi connectivity index (χ1v) is 18.9.